The van der Waals surface area contributed by atoms with E-state index in [0.717, 1.165) is 0 Å². The number of benzene rings is 1. The quantitative estimate of drug-likeness (QED) is 0.818. The van der Waals surface area contributed by atoms with Gasteiger partial charge in [0, 0.05) is 19.2 Å². The maximum atomic E-state index is 13.6. The molecule has 1 amide bonds. The second-order valence-electron chi connectivity index (χ2n) is 4.53. The summed E-state index contributed by atoms with van der Waals surface area (Å²) in [7, 11) is 1.57. The third-order valence-corrected chi connectivity index (χ3v) is 2.55. The second-order valence-corrected chi connectivity index (χ2v) is 4.53. The summed E-state index contributed by atoms with van der Waals surface area (Å²) in [6, 6.07) is 6.03. The summed E-state index contributed by atoms with van der Waals surface area (Å²) in [5.41, 5.74) is 0.690. The van der Waals surface area contributed by atoms with Crippen LogP contribution in [0.15, 0.2) is 18.2 Å². The molecule has 0 fully saturated rings. The van der Waals surface area contributed by atoms with Gasteiger partial charge in [-0.1, -0.05) is 0 Å². The summed E-state index contributed by atoms with van der Waals surface area (Å²) in [4.78, 5) is 13.1. The van der Waals surface area contributed by atoms with Crippen molar-refractivity contribution in [2.45, 2.75) is 26.5 Å². The predicted molar refractivity (Wildman–Crippen MR) is 68.7 cm³/mol. The Labute approximate surface area is 112 Å². The zero-order chi connectivity index (χ0) is 14.4. The highest BCUT2D eigenvalue weighted by Crippen LogP contribution is 2.12. The molecule has 0 aliphatic rings. The van der Waals surface area contributed by atoms with Crippen molar-refractivity contribution in [1.29, 1.82) is 5.26 Å². The van der Waals surface area contributed by atoms with Crippen LogP contribution in [0.1, 0.15) is 25.0 Å². The van der Waals surface area contributed by atoms with E-state index < -0.39 is 5.82 Å². The second kappa shape index (κ2) is 6.86. The predicted octanol–water partition coefficient (Wildman–Crippen LogP) is 2.08. The Balaban J connectivity index is 2.68. The number of hydrogen-bond acceptors (Lipinski definition) is 3. The number of carbonyl (C=O) groups excluding carboxylic acids is 1. The van der Waals surface area contributed by atoms with Gasteiger partial charge < -0.3 is 9.64 Å². The van der Waals surface area contributed by atoms with Gasteiger partial charge in [-0.05, 0) is 32.0 Å². The Bertz CT molecular complexity index is 495. The summed E-state index contributed by atoms with van der Waals surface area (Å²) in [5.74, 6) is -0.654. The molecule has 0 saturated heterocycles. The first kappa shape index (κ1) is 15.1. The first-order valence-electron chi connectivity index (χ1n) is 5.98. The van der Waals surface area contributed by atoms with Crippen LogP contribution in [0, 0.1) is 17.1 Å². The summed E-state index contributed by atoms with van der Waals surface area (Å²) in [6.07, 6.45) is -0.0315. The Kier molecular flexibility index (Phi) is 5.46. The van der Waals surface area contributed by atoms with Crippen molar-refractivity contribution in [1.82, 2.24) is 4.90 Å². The lowest BCUT2D eigenvalue weighted by atomic mass is 10.1. The van der Waals surface area contributed by atoms with Crippen LogP contribution in [-0.2, 0) is 16.1 Å². The van der Waals surface area contributed by atoms with E-state index in [4.69, 9.17) is 10.00 Å². The van der Waals surface area contributed by atoms with Crippen molar-refractivity contribution in [3.63, 3.8) is 0 Å². The molecule has 102 valence electrons. The molecule has 0 aromatic heterocycles. The minimum atomic E-state index is -0.427. The fraction of sp³-hybridized carbons (Fsp3) is 0.429. The molecule has 0 unspecified atom stereocenters. The number of halogens is 1. The van der Waals surface area contributed by atoms with Gasteiger partial charge in [0.25, 0.3) is 0 Å². The molecule has 1 aromatic rings. The number of likely N-dealkylation sites (N-methyl/N-ethyl adjacent to an activating group) is 1. The molecule has 0 bridgehead atoms. The molecule has 0 spiro atoms. The van der Waals surface area contributed by atoms with E-state index in [2.05, 4.69) is 0 Å². The fourth-order valence-corrected chi connectivity index (χ4v) is 1.46. The fourth-order valence-electron chi connectivity index (χ4n) is 1.46. The molecule has 0 radical (unpaired) electrons. The highest BCUT2D eigenvalue weighted by molar-refractivity contribution is 5.77. The molecule has 0 atom stereocenters. The van der Waals surface area contributed by atoms with E-state index in [-0.39, 0.29) is 25.2 Å². The number of ether oxygens (including phenoxy) is 1. The minimum absolute atomic E-state index is 0.0315. The molecule has 0 aliphatic heterocycles. The van der Waals surface area contributed by atoms with E-state index in [0.29, 0.717) is 11.1 Å². The SMILES string of the molecule is CC(C)OCC(=O)N(C)Cc1cc(C#N)ccc1F. The van der Waals surface area contributed by atoms with Crippen LogP contribution in [0.3, 0.4) is 0 Å². The van der Waals surface area contributed by atoms with Crippen LogP contribution in [0.25, 0.3) is 0 Å². The van der Waals surface area contributed by atoms with Gasteiger partial charge in [0.1, 0.15) is 12.4 Å². The van der Waals surface area contributed by atoms with Crippen LogP contribution < -0.4 is 0 Å². The monoisotopic (exact) mass is 264 g/mol. The van der Waals surface area contributed by atoms with Gasteiger partial charge in [-0.25, -0.2) is 4.39 Å². The first-order chi connectivity index (χ1) is 8.93. The van der Waals surface area contributed by atoms with Crippen molar-refractivity contribution in [3.8, 4) is 6.07 Å². The van der Waals surface area contributed by atoms with Crippen molar-refractivity contribution in [2.24, 2.45) is 0 Å². The number of amides is 1. The number of hydrogen-bond donors (Lipinski definition) is 0. The smallest absolute Gasteiger partial charge is 0.248 e. The van der Waals surface area contributed by atoms with Gasteiger partial charge in [-0.15, -0.1) is 0 Å². The minimum Gasteiger partial charge on any atom is -0.369 e. The molecular weight excluding hydrogens is 247 g/mol. The average molecular weight is 264 g/mol. The molecule has 0 N–H and O–H groups in total. The number of nitrogens with zero attached hydrogens (tertiary/aromatic N) is 2. The van der Waals surface area contributed by atoms with Crippen molar-refractivity contribution in [2.75, 3.05) is 13.7 Å². The van der Waals surface area contributed by atoms with Crippen LogP contribution in [-0.4, -0.2) is 30.6 Å². The Hall–Kier alpha value is -1.93. The summed E-state index contributed by atoms with van der Waals surface area (Å²) in [5, 5.41) is 8.77. The topological polar surface area (TPSA) is 53.3 Å². The Morgan fingerprint density at radius 2 is 2.21 bits per heavy atom. The molecule has 4 nitrogen and oxygen atoms in total. The van der Waals surface area contributed by atoms with Gasteiger partial charge >= 0.3 is 0 Å². The van der Waals surface area contributed by atoms with Crippen molar-refractivity contribution in [3.05, 3.63) is 35.1 Å². The third-order valence-electron chi connectivity index (χ3n) is 2.55. The molecule has 0 saturated carbocycles. The normalized spacial score (nSPS) is 10.3. The molecule has 1 rings (SSSR count). The van der Waals surface area contributed by atoms with Crippen LogP contribution in [0.4, 0.5) is 4.39 Å². The van der Waals surface area contributed by atoms with Crippen molar-refractivity contribution < 1.29 is 13.9 Å². The van der Waals surface area contributed by atoms with E-state index in [1.165, 1.54) is 23.1 Å². The van der Waals surface area contributed by atoms with Crippen LogP contribution >= 0.6 is 0 Å². The largest absolute Gasteiger partial charge is 0.369 e. The first-order valence-corrected chi connectivity index (χ1v) is 5.98. The molecular formula is C14H17FN2O2. The average Bonchev–Trinajstić information content (AvgIpc) is 2.38. The lowest BCUT2D eigenvalue weighted by molar-refractivity contribution is -0.136. The molecule has 1 aromatic carbocycles. The van der Waals surface area contributed by atoms with Gasteiger partial charge in [-0.2, -0.15) is 5.26 Å². The Morgan fingerprint density at radius 3 is 2.79 bits per heavy atom. The summed E-state index contributed by atoms with van der Waals surface area (Å²) in [6.45, 7) is 3.75. The van der Waals surface area contributed by atoms with Gasteiger partial charge in [0.05, 0.1) is 17.7 Å². The number of carbonyl (C=O) groups is 1. The summed E-state index contributed by atoms with van der Waals surface area (Å²) >= 11 is 0. The highest BCUT2D eigenvalue weighted by Gasteiger charge is 2.13. The van der Waals surface area contributed by atoms with Gasteiger partial charge in [0.2, 0.25) is 5.91 Å². The van der Waals surface area contributed by atoms with Crippen LogP contribution in [0.5, 0.6) is 0 Å². The molecule has 0 heterocycles. The maximum absolute atomic E-state index is 13.6. The van der Waals surface area contributed by atoms with Crippen LogP contribution in [0.2, 0.25) is 0 Å². The lowest BCUT2D eigenvalue weighted by Gasteiger charge is -2.18. The Morgan fingerprint density at radius 1 is 1.53 bits per heavy atom. The van der Waals surface area contributed by atoms with Gasteiger partial charge in [-0.3, -0.25) is 4.79 Å². The highest BCUT2D eigenvalue weighted by atomic mass is 19.1. The van der Waals surface area contributed by atoms with E-state index in [1.54, 1.807) is 7.05 Å². The molecule has 5 heteroatoms. The maximum Gasteiger partial charge on any atom is 0.248 e. The number of nitriles is 1. The van der Waals surface area contributed by atoms with Gasteiger partial charge in [0.15, 0.2) is 0 Å². The zero-order valence-corrected chi connectivity index (χ0v) is 11.3. The number of rotatable bonds is 5. The van der Waals surface area contributed by atoms with E-state index in [1.807, 2.05) is 19.9 Å². The third kappa shape index (κ3) is 4.68. The van der Waals surface area contributed by atoms with E-state index in [9.17, 15) is 9.18 Å². The lowest BCUT2D eigenvalue weighted by Crippen LogP contribution is -2.31. The standard InChI is InChI=1S/C14H17FN2O2/c1-10(2)19-9-14(18)17(3)8-12-6-11(7-16)4-5-13(12)15/h4-6,10H,8-9H2,1-3H3. The zero-order valence-electron chi connectivity index (χ0n) is 11.3. The van der Waals surface area contributed by atoms with E-state index >= 15 is 0 Å². The van der Waals surface area contributed by atoms with Crippen molar-refractivity contribution >= 4 is 5.91 Å². The summed E-state index contributed by atoms with van der Waals surface area (Å²) < 4.78 is 18.8. The molecule has 0 aliphatic carbocycles. The molecule has 19 heavy (non-hydrogen) atoms.